The molecular weight excluding hydrogens is 252 g/mol. The van der Waals surface area contributed by atoms with Crippen molar-refractivity contribution in [1.29, 1.82) is 0 Å². The first-order valence-electron chi connectivity index (χ1n) is 5.75. The van der Waals surface area contributed by atoms with Crippen LogP contribution in [0, 0.1) is 0 Å². The molecule has 6 nitrogen and oxygen atoms in total. The smallest absolute Gasteiger partial charge is 0.270 e. The molecule has 1 rings (SSSR count). The molecule has 0 unspecified atom stereocenters. The van der Waals surface area contributed by atoms with Crippen molar-refractivity contribution in [2.75, 3.05) is 6.54 Å². The minimum absolute atomic E-state index is 0.0776. The number of amides is 2. The maximum Gasteiger partial charge on any atom is 0.270 e. The van der Waals surface area contributed by atoms with Crippen molar-refractivity contribution in [1.82, 2.24) is 15.6 Å². The monoisotopic (exact) mass is 270 g/mol. The summed E-state index contributed by atoms with van der Waals surface area (Å²) in [6.07, 6.45) is 0.262. The highest BCUT2D eigenvalue weighted by molar-refractivity contribution is 7.09. The van der Waals surface area contributed by atoms with E-state index in [0.29, 0.717) is 18.8 Å². The summed E-state index contributed by atoms with van der Waals surface area (Å²) < 4.78 is 0. The number of aromatic nitrogens is 1. The molecule has 0 spiro atoms. The van der Waals surface area contributed by atoms with Gasteiger partial charge >= 0.3 is 0 Å². The van der Waals surface area contributed by atoms with Gasteiger partial charge in [0.1, 0.15) is 10.7 Å². The van der Waals surface area contributed by atoms with E-state index < -0.39 is 0 Å². The summed E-state index contributed by atoms with van der Waals surface area (Å²) in [5.74, 6) is -0.352. The van der Waals surface area contributed by atoms with Gasteiger partial charge in [-0.05, 0) is 13.8 Å². The van der Waals surface area contributed by atoms with Crippen molar-refractivity contribution >= 4 is 23.2 Å². The first-order chi connectivity index (χ1) is 8.52. The van der Waals surface area contributed by atoms with E-state index in [1.54, 1.807) is 5.38 Å². The van der Waals surface area contributed by atoms with Gasteiger partial charge in [-0.2, -0.15) is 0 Å². The second kappa shape index (κ2) is 7.07. The minimum Gasteiger partial charge on any atom is -0.354 e. The van der Waals surface area contributed by atoms with Gasteiger partial charge in [0, 0.05) is 30.9 Å². The summed E-state index contributed by atoms with van der Waals surface area (Å²) in [4.78, 5) is 27.0. The Bertz CT molecular complexity index is 417. The van der Waals surface area contributed by atoms with Gasteiger partial charge in [0.05, 0.1) is 0 Å². The fourth-order valence-electron chi connectivity index (χ4n) is 1.28. The van der Waals surface area contributed by atoms with E-state index >= 15 is 0 Å². The molecule has 7 heteroatoms. The van der Waals surface area contributed by atoms with Crippen molar-refractivity contribution in [3.8, 4) is 0 Å². The summed E-state index contributed by atoms with van der Waals surface area (Å²) in [6, 6.07) is 0.110. The predicted octanol–water partition coefficient (Wildman–Crippen LogP) is 0.246. The van der Waals surface area contributed by atoms with Crippen LogP contribution in [0.2, 0.25) is 0 Å². The molecule has 0 aromatic carbocycles. The number of nitrogens with two attached hydrogens (primary N) is 1. The first-order valence-corrected chi connectivity index (χ1v) is 6.63. The average Bonchev–Trinajstić information content (AvgIpc) is 2.76. The highest BCUT2D eigenvalue weighted by Crippen LogP contribution is 2.08. The summed E-state index contributed by atoms with van der Waals surface area (Å²) in [5.41, 5.74) is 5.76. The van der Waals surface area contributed by atoms with Gasteiger partial charge in [-0.1, -0.05) is 0 Å². The third-order valence-electron chi connectivity index (χ3n) is 2.05. The Hall–Kier alpha value is -1.47. The Morgan fingerprint density at radius 2 is 2.22 bits per heavy atom. The normalized spacial score (nSPS) is 10.4. The quantitative estimate of drug-likeness (QED) is 0.690. The van der Waals surface area contributed by atoms with Crippen LogP contribution in [0.25, 0.3) is 0 Å². The number of hydrogen-bond donors (Lipinski definition) is 3. The lowest BCUT2D eigenvalue weighted by Gasteiger charge is -2.08. The Morgan fingerprint density at radius 1 is 1.50 bits per heavy atom. The summed E-state index contributed by atoms with van der Waals surface area (Å²) in [6.45, 7) is 4.40. The Kier molecular flexibility index (Phi) is 5.73. The molecule has 0 aliphatic heterocycles. The van der Waals surface area contributed by atoms with Crippen molar-refractivity contribution < 1.29 is 9.59 Å². The fourth-order valence-corrected chi connectivity index (χ4v) is 1.94. The third kappa shape index (κ3) is 4.80. The van der Waals surface area contributed by atoms with Gasteiger partial charge in [0.15, 0.2) is 0 Å². The zero-order valence-corrected chi connectivity index (χ0v) is 11.3. The van der Waals surface area contributed by atoms with E-state index in [0.717, 1.165) is 5.01 Å². The molecule has 1 heterocycles. The van der Waals surface area contributed by atoms with Gasteiger partial charge in [-0.15, -0.1) is 11.3 Å². The fraction of sp³-hybridized carbons (Fsp3) is 0.545. The minimum atomic E-state index is -0.275. The van der Waals surface area contributed by atoms with Gasteiger partial charge in [0.25, 0.3) is 5.91 Å². The summed E-state index contributed by atoms with van der Waals surface area (Å²) >= 11 is 1.35. The van der Waals surface area contributed by atoms with Crippen molar-refractivity contribution in [3.05, 3.63) is 16.1 Å². The van der Waals surface area contributed by atoms with E-state index in [1.807, 2.05) is 13.8 Å². The van der Waals surface area contributed by atoms with E-state index in [9.17, 15) is 9.59 Å². The topological polar surface area (TPSA) is 97.1 Å². The lowest BCUT2D eigenvalue weighted by molar-refractivity contribution is -0.121. The molecule has 0 atom stereocenters. The molecule has 0 aliphatic rings. The lowest BCUT2D eigenvalue weighted by atomic mass is 10.3. The maximum atomic E-state index is 11.6. The van der Waals surface area contributed by atoms with Crippen LogP contribution in [0.1, 0.15) is 35.8 Å². The zero-order valence-electron chi connectivity index (χ0n) is 10.5. The van der Waals surface area contributed by atoms with Crippen LogP contribution in [0.3, 0.4) is 0 Å². The predicted molar refractivity (Wildman–Crippen MR) is 70.2 cm³/mol. The van der Waals surface area contributed by atoms with Crippen molar-refractivity contribution in [2.24, 2.45) is 5.73 Å². The number of thiazole rings is 1. The van der Waals surface area contributed by atoms with Crippen LogP contribution in [-0.2, 0) is 11.3 Å². The largest absolute Gasteiger partial charge is 0.354 e. The molecule has 18 heavy (non-hydrogen) atoms. The molecule has 2 amide bonds. The van der Waals surface area contributed by atoms with Gasteiger partial charge in [0.2, 0.25) is 5.91 Å². The second-order valence-corrected chi connectivity index (χ2v) is 5.00. The highest BCUT2D eigenvalue weighted by atomic mass is 32.1. The Morgan fingerprint density at radius 3 is 2.78 bits per heavy atom. The first kappa shape index (κ1) is 14.6. The van der Waals surface area contributed by atoms with Gasteiger partial charge in [-0.3, -0.25) is 9.59 Å². The Balaban J connectivity index is 2.31. The van der Waals surface area contributed by atoms with Crippen LogP contribution in [0.5, 0.6) is 0 Å². The molecule has 4 N–H and O–H groups in total. The number of carbonyl (C=O) groups is 2. The molecule has 0 radical (unpaired) electrons. The van der Waals surface area contributed by atoms with Crippen LogP contribution in [0.4, 0.5) is 0 Å². The molecule has 0 bridgehead atoms. The molecule has 1 aromatic heterocycles. The third-order valence-corrected chi connectivity index (χ3v) is 2.92. The molecule has 1 aromatic rings. The lowest BCUT2D eigenvalue weighted by Crippen LogP contribution is -2.34. The Labute approximate surface area is 110 Å². The molecule has 0 fully saturated rings. The van der Waals surface area contributed by atoms with E-state index in [-0.39, 0.29) is 24.3 Å². The van der Waals surface area contributed by atoms with Crippen molar-refractivity contribution in [3.63, 3.8) is 0 Å². The summed E-state index contributed by atoms with van der Waals surface area (Å²) in [7, 11) is 0. The SMILES string of the molecule is CC(C)NC(=O)CCNC(=O)c1csc(CN)n1. The van der Waals surface area contributed by atoms with E-state index in [2.05, 4.69) is 15.6 Å². The molecule has 0 saturated heterocycles. The number of nitrogens with zero attached hydrogens (tertiary/aromatic N) is 1. The number of nitrogens with one attached hydrogen (secondary N) is 2. The van der Waals surface area contributed by atoms with Gasteiger partial charge < -0.3 is 16.4 Å². The molecular formula is C11H18N4O2S. The second-order valence-electron chi connectivity index (χ2n) is 4.06. The molecule has 0 aliphatic carbocycles. The summed E-state index contributed by atoms with van der Waals surface area (Å²) in [5, 5.41) is 7.77. The van der Waals surface area contributed by atoms with Crippen LogP contribution < -0.4 is 16.4 Å². The maximum absolute atomic E-state index is 11.6. The zero-order chi connectivity index (χ0) is 13.5. The number of hydrogen-bond acceptors (Lipinski definition) is 5. The molecule has 100 valence electrons. The standard InChI is InChI=1S/C11H18N4O2S/c1-7(2)14-9(16)3-4-13-11(17)8-6-18-10(5-12)15-8/h6-7H,3-5,12H2,1-2H3,(H,13,17)(H,14,16). The van der Waals surface area contributed by atoms with Crippen LogP contribution in [-0.4, -0.2) is 29.4 Å². The van der Waals surface area contributed by atoms with Crippen LogP contribution in [0.15, 0.2) is 5.38 Å². The van der Waals surface area contributed by atoms with Crippen molar-refractivity contribution in [2.45, 2.75) is 32.9 Å². The average molecular weight is 270 g/mol. The highest BCUT2D eigenvalue weighted by Gasteiger charge is 2.10. The number of rotatable bonds is 6. The van der Waals surface area contributed by atoms with E-state index in [4.69, 9.17) is 5.73 Å². The van der Waals surface area contributed by atoms with Gasteiger partial charge in [-0.25, -0.2) is 4.98 Å². The van der Waals surface area contributed by atoms with Crippen LogP contribution >= 0.6 is 11.3 Å². The number of carbonyl (C=O) groups excluding carboxylic acids is 2. The molecule has 0 saturated carbocycles. The van der Waals surface area contributed by atoms with E-state index in [1.165, 1.54) is 11.3 Å².